The van der Waals surface area contributed by atoms with E-state index in [0.29, 0.717) is 32.6 Å². The molecule has 0 saturated carbocycles. The van der Waals surface area contributed by atoms with Gasteiger partial charge in [-0.2, -0.15) is 0 Å². The number of hydrogen-bond donors (Lipinski definition) is 1. The molecule has 1 N–H and O–H groups in total. The fourth-order valence-corrected chi connectivity index (χ4v) is 7.35. The number of rotatable bonds is 6. The van der Waals surface area contributed by atoms with Crippen LogP contribution in [0.25, 0.3) is 0 Å². The third-order valence-corrected chi connectivity index (χ3v) is 8.53. The number of carbonyl (C=O) groups excluding carboxylic acids is 3. The van der Waals surface area contributed by atoms with Gasteiger partial charge in [0.1, 0.15) is 6.04 Å². The van der Waals surface area contributed by atoms with Crippen LogP contribution in [0.2, 0.25) is 0 Å². The maximum absolute atomic E-state index is 13.7. The molecule has 0 aromatic heterocycles. The van der Waals surface area contributed by atoms with Gasteiger partial charge in [0.05, 0.1) is 16.6 Å². The fraction of sp³-hybridized carbons (Fsp3) is 0.682. The van der Waals surface area contributed by atoms with E-state index in [1.165, 1.54) is 0 Å². The quantitative estimate of drug-likeness (QED) is 0.630. The van der Waals surface area contributed by atoms with E-state index in [0.717, 1.165) is 12.8 Å². The Hall–Kier alpha value is -1.80. The van der Waals surface area contributed by atoms with Crippen LogP contribution in [0, 0.1) is 11.8 Å². The second kappa shape index (κ2) is 8.38. The Kier molecular flexibility index (Phi) is 5.99. The molecule has 0 aliphatic carbocycles. The van der Waals surface area contributed by atoms with Crippen molar-refractivity contribution < 1.29 is 19.5 Å². The third-order valence-electron chi connectivity index (χ3n) is 6.78. The number of fused-ring (bicyclic) bond motifs is 2. The van der Waals surface area contributed by atoms with Crippen molar-refractivity contribution >= 4 is 29.5 Å². The van der Waals surface area contributed by atoms with Crippen LogP contribution in [0.3, 0.4) is 0 Å². The Bertz CT molecular complexity index is 784. The van der Waals surface area contributed by atoms with Gasteiger partial charge in [0.15, 0.2) is 0 Å². The molecule has 8 heteroatoms. The van der Waals surface area contributed by atoms with Crippen LogP contribution in [0.5, 0.6) is 0 Å². The highest BCUT2D eigenvalue weighted by Crippen LogP contribution is 2.60. The average Bonchev–Trinajstić information content (AvgIpc) is 3.05. The van der Waals surface area contributed by atoms with Crippen LogP contribution < -0.4 is 0 Å². The second-order valence-corrected chi connectivity index (χ2v) is 10.1. The van der Waals surface area contributed by atoms with E-state index in [1.54, 1.807) is 28.6 Å². The second-order valence-electron chi connectivity index (χ2n) is 8.64. The maximum Gasteiger partial charge on any atom is 0.247 e. The molecule has 7 nitrogen and oxygen atoms in total. The van der Waals surface area contributed by atoms with Gasteiger partial charge in [0.2, 0.25) is 17.7 Å². The van der Waals surface area contributed by atoms with Gasteiger partial charge in [-0.1, -0.05) is 37.6 Å². The van der Waals surface area contributed by atoms with Gasteiger partial charge in [-0.3, -0.25) is 14.4 Å². The third kappa shape index (κ3) is 3.19. The monoisotopic (exact) mass is 433 g/mol. The molecule has 1 unspecified atom stereocenters. The SMILES string of the molecule is CCCCN1CC=C[C@]23S[C@H]4C=CCN(C)C(=O)[C@H]4[C@H]2C(=O)N(CCCO)C3C1=O. The summed E-state index contributed by atoms with van der Waals surface area (Å²) in [5, 5.41) is 9.27. The van der Waals surface area contributed by atoms with Crippen molar-refractivity contribution in [2.45, 2.75) is 42.2 Å². The number of unbranched alkanes of at least 4 members (excludes halogenated alkanes) is 1. The summed E-state index contributed by atoms with van der Waals surface area (Å²) in [6, 6.07) is -0.624. The number of hydrogen-bond acceptors (Lipinski definition) is 5. The zero-order chi connectivity index (χ0) is 21.5. The Labute approximate surface area is 182 Å². The molecule has 1 spiro atoms. The van der Waals surface area contributed by atoms with Gasteiger partial charge >= 0.3 is 0 Å². The number of carbonyl (C=O) groups is 3. The summed E-state index contributed by atoms with van der Waals surface area (Å²) in [5.74, 6) is -1.20. The molecule has 0 aromatic rings. The van der Waals surface area contributed by atoms with Gasteiger partial charge in [-0.15, -0.1) is 11.8 Å². The molecule has 2 fully saturated rings. The van der Waals surface area contributed by atoms with E-state index >= 15 is 0 Å². The lowest BCUT2D eigenvalue weighted by molar-refractivity contribution is -0.144. The summed E-state index contributed by atoms with van der Waals surface area (Å²) < 4.78 is -0.738. The van der Waals surface area contributed by atoms with Crippen molar-refractivity contribution in [2.75, 3.05) is 39.8 Å². The number of thioether (sulfide) groups is 1. The van der Waals surface area contributed by atoms with Crippen molar-refractivity contribution in [3.63, 3.8) is 0 Å². The Balaban J connectivity index is 1.78. The summed E-state index contributed by atoms with van der Waals surface area (Å²) in [5.41, 5.74) is 0. The predicted octanol–water partition coefficient (Wildman–Crippen LogP) is 0.893. The smallest absolute Gasteiger partial charge is 0.247 e. The molecular weight excluding hydrogens is 402 g/mol. The molecule has 2 saturated heterocycles. The maximum atomic E-state index is 13.7. The van der Waals surface area contributed by atoms with Crippen LogP contribution in [-0.4, -0.2) is 93.4 Å². The number of likely N-dealkylation sites (tertiary alicyclic amines) is 1. The zero-order valence-electron chi connectivity index (χ0n) is 17.7. The number of likely N-dealkylation sites (N-methyl/N-ethyl adjacent to an activating group) is 1. The number of aliphatic hydroxyl groups is 1. The van der Waals surface area contributed by atoms with E-state index in [2.05, 4.69) is 6.92 Å². The highest BCUT2D eigenvalue weighted by atomic mass is 32.2. The van der Waals surface area contributed by atoms with Crippen LogP contribution in [-0.2, 0) is 14.4 Å². The van der Waals surface area contributed by atoms with Crippen molar-refractivity contribution in [3.05, 3.63) is 24.3 Å². The first kappa shape index (κ1) is 21.4. The van der Waals surface area contributed by atoms with Crippen molar-refractivity contribution in [1.29, 1.82) is 0 Å². The molecule has 3 amide bonds. The molecule has 5 atom stereocenters. The summed E-state index contributed by atoms with van der Waals surface area (Å²) in [4.78, 5) is 45.8. The van der Waals surface area contributed by atoms with E-state index in [9.17, 15) is 19.5 Å². The normalized spacial score (nSPS) is 35.4. The predicted molar refractivity (Wildman–Crippen MR) is 116 cm³/mol. The largest absolute Gasteiger partial charge is 0.396 e. The molecule has 4 aliphatic heterocycles. The number of nitrogens with zero attached hydrogens (tertiary/aromatic N) is 3. The van der Waals surface area contributed by atoms with Crippen molar-refractivity contribution in [1.82, 2.24) is 14.7 Å². The lowest BCUT2D eigenvalue weighted by atomic mass is 9.78. The van der Waals surface area contributed by atoms with Crippen LogP contribution in [0.4, 0.5) is 0 Å². The Morgan fingerprint density at radius 1 is 1.10 bits per heavy atom. The first-order valence-electron chi connectivity index (χ1n) is 10.9. The summed E-state index contributed by atoms with van der Waals surface area (Å²) in [7, 11) is 1.77. The molecule has 4 rings (SSSR count). The van der Waals surface area contributed by atoms with Gasteiger partial charge in [0.25, 0.3) is 0 Å². The minimum Gasteiger partial charge on any atom is -0.396 e. The summed E-state index contributed by atoms with van der Waals surface area (Å²) in [6.07, 6.45) is 10.4. The molecule has 4 heterocycles. The Morgan fingerprint density at radius 3 is 2.63 bits per heavy atom. The van der Waals surface area contributed by atoms with Crippen LogP contribution in [0.1, 0.15) is 26.2 Å². The summed E-state index contributed by atoms with van der Waals surface area (Å²) in [6.45, 7) is 4.12. The van der Waals surface area contributed by atoms with Crippen molar-refractivity contribution in [2.24, 2.45) is 11.8 Å². The highest BCUT2D eigenvalue weighted by Gasteiger charge is 2.70. The van der Waals surface area contributed by atoms with Gasteiger partial charge < -0.3 is 19.8 Å². The topological polar surface area (TPSA) is 81.2 Å². The van der Waals surface area contributed by atoms with Crippen molar-refractivity contribution in [3.8, 4) is 0 Å². The van der Waals surface area contributed by atoms with Gasteiger partial charge in [-0.05, 0) is 12.8 Å². The average molecular weight is 434 g/mol. The molecule has 30 heavy (non-hydrogen) atoms. The van der Waals surface area contributed by atoms with E-state index < -0.39 is 22.6 Å². The van der Waals surface area contributed by atoms with Gasteiger partial charge in [0, 0.05) is 45.1 Å². The Morgan fingerprint density at radius 2 is 1.90 bits per heavy atom. The fourth-order valence-electron chi connectivity index (χ4n) is 5.34. The van der Waals surface area contributed by atoms with E-state index in [4.69, 9.17) is 0 Å². The van der Waals surface area contributed by atoms with E-state index in [1.807, 2.05) is 29.2 Å². The molecule has 4 aliphatic rings. The number of amides is 3. The summed E-state index contributed by atoms with van der Waals surface area (Å²) >= 11 is 1.61. The van der Waals surface area contributed by atoms with Gasteiger partial charge in [-0.25, -0.2) is 0 Å². The standard InChI is InChI=1S/C22H31N3O4S/c1-3-4-11-24-12-6-9-22-17(16-15(30-22)8-5-10-23(2)19(16)27)20(28)25(13-7-14-26)18(22)21(24)29/h5-6,8-9,15-18,26H,3-4,7,10-14H2,1-2H3/t15-,16+,17-,18?,22-/m0/s1. The molecule has 0 bridgehead atoms. The van der Waals surface area contributed by atoms with E-state index in [-0.39, 0.29) is 29.6 Å². The first-order valence-corrected chi connectivity index (χ1v) is 11.8. The number of aliphatic hydroxyl groups excluding tert-OH is 1. The molecule has 164 valence electrons. The molecule has 0 radical (unpaired) electrons. The molecular formula is C22H31N3O4S. The minimum absolute atomic E-state index is 0.0246. The van der Waals surface area contributed by atoms with Crippen LogP contribution >= 0.6 is 11.8 Å². The zero-order valence-corrected chi connectivity index (χ0v) is 18.5. The highest BCUT2D eigenvalue weighted by molar-refractivity contribution is 8.02. The molecule has 0 aromatic carbocycles. The first-order chi connectivity index (χ1) is 14.5. The minimum atomic E-state index is -0.738. The van der Waals surface area contributed by atoms with Crippen LogP contribution in [0.15, 0.2) is 24.3 Å². The lowest BCUT2D eigenvalue weighted by Gasteiger charge is -2.35. The lowest BCUT2D eigenvalue weighted by Crippen LogP contribution is -2.53.